The summed E-state index contributed by atoms with van der Waals surface area (Å²) in [5.41, 5.74) is 1.28. The average Bonchev–Trinajstić information content (AvgIpc) is 3.32. The van der Waals surface area contributed by atoms with Gasteiger partial charge in [0.1, 0.15) is 0 Å². The maximum atomic E-state index is 12.9. The molecule has 0 saturated carbocycles. The SMILES string of the molecule is O=C(Cc1n[nH]c(=O)c2ccccc12)N1CCC(n2nnc(-c3ccccc3)n2)CC1. The van der Waals surface area contributed by atoms with Crippen LogP contribution in [0.4, 0.5) is 0 Å². The lowest BCUT2D eigenvalue weighted by atomic mass is 10.0. The standard InChI is InChI=1S/C22H21N7O2/c30-20(14-19-17-8-4-5-9-18(17)22(31)25-23-19)28-12-10-16(11-13-28)29-26-21(24-27-29)15-6-2-1-3-7-15/h1-9,16H,10-14H2,(H,25,31). The van der Waals surface area contributed by atoms with Crippen LogP contribution in [0.25, 0.3) is 22.2 Å². The van der Waals surface area contributed by atoms with E-state index in [2.05, 4.69) is 25.6 Å². The number of tetrazole rings is 1. The predicted octanol–water partition coefficient (Wildman–Crippen LogP) is 1.98. The van der Waals surface area contributed by atoms with Gasteiger partial charge in [0.15, 0.2) is 0 Å². The normalized spacial score (nSPS) is 14.8. The minimum atomic E-state index is -0.247. The van der Waals surface area contributed by atoms with Crippen molar-refractivity contribution in [1.82, 2.24) is 35.3 Å². The zero-order chi connectivity index (χ0) is 21.2. The first-order valence-electron chi connectivity index (χ1n) is 10.3. The molecule has 0 bridgehead atoms. The molecular formula is C22H21N7O2. The quantitative estimate of drug-likeness (QED) is 0.546. The highest BCUT2D eigenvalue weighted by molar-refractivity contribution is 5.88. The van der Waals surface area contributed by atoms with E-state index in [1.165, 1.54) is 0 Å². The number of hydrogen-bond donors (Lipinski definition) is 1. The fourth-order valence-electron chi connectivity index (χ4n) is 3.99. The molecule has 0 atom stereocenters. The van der Waals surface area contributed by atoms with E-state index < -0.39 is 0 Å². The third-order valence-electron chi connectivity index (χ3n) is 5.70. The van der Waals surface area contributed by atoms with Crippen molar-refractivity contribution in [3.8, 4) is 11.4 Å². The molecule has 156 valence electrons. The summed E-state index contributed by atoms with van der Waals surface area (Å²) in [6.45, 7) is 1.24. The summed E-state index contributed by atoms with van der Waals surface area (Å²) in [6.07, 6.45) is 1.67. The van der Waals surface area contributed by atoms with E-state index in [4.69, 9.17) is 0 Å². The number of benzene rings is 2. The molecular weight excluding hydrogens is 394 g/mol. The molecule has 0 spiro atoms. The molecule has 2 aromatic carbocycles. The second-order valence-corrected chi connectivity index (χ2v) is 7.63. The van der Waals surface area contributed by atoms with Crippen LogP contribution >= 0.6 is 0 Å². The van der Waals surface area contributed by atoms with Crippen molar-refractivity contribution in [2.45, 2.75) is 25.3 Å². The number of piperidine rings is 1. The largest absolute Gasteiger partial charge is 0.342 e. The molecule has 2 aromatic heterocycles. The second kappa shape index (κ2) is 8.10. The fraction of sp³-hybridized carbons (Fsp3) is 0.273. The summed E-state index contributed by atoms with van der Waals surface area (Å²) in [5, 5.41) is 20.8. The fourth-order valence-corrected chi connectivity index (χ4v) is 3.99. The van der Waals surface area contributed by atoms with Gasteiger partial charge < -0.3 is 4.90 Å². The lowest BCUT2D eigenvalue weighted by Crippen LogP contribution is -2.40. The Labute approximate surface area is 177 Å². The van der Waals surface area contributed by atoms with Gasteiger partial charge in [-0.15, -0.1) is 10.2 Å². The van der Waals surface area contributed by atoms with Gasteiger partial charge in [-0.05, 0) is 24.1 Å². The molecule has 5 rings (SSSR count). The second-order valence-electron chi connectivity index (χ2n) is 7.63. The smallest absolute Gasteiger partial charge is 0.272 e. The number of carbonyl (C=O) groups excluding carboxylic acids is 1. The van der Waals surface area contributed by atoms with Gasteiger partial charge in [-0.3, -0.25) is 9.59 Å². The molecule has 31 heavy (non-hydrogen) atoms. The van der Waals surface area contributed by atoms with Crippen LogP contribution in [0, 0.1) is 0 Å². The van der Waals surface area contributed by atoms with E-state index in [0.29, 0.717) is 30.0 Å². The van der Waals surface area contributed by atoms with Crippen LogP contribution in [0.15, 0.2) is 59.4 Å². The zero-order valence-electron chi connectivity index (χ0n) is 16.8. The summed E-state index contributed by atoms with van der Waals surface area (Å²) >= 11 is 0. The summed E-state index contributed by atoms with van der Waals surface area (Å²) in [7, 11) is 0. The van der Waals surface area contributed by atoms with Crippen LogP contribution in [0.1, 0.15) is 24.6 Å². The molecule has 3 heterocycles. The van der Waals surface area contributed by atoms with E-state index in [9.17, 15) is 9.59 Å². The molecule has 1 aliphatic rings. The monoisotopic (exact) mass is 415 g/mol. The van der Waals surface area contributed by atoms with Crippen LogP contribution < -0.4 is 5.56 Å². The number of aromatic amines is 1. The third kappa shape index (κ3) is 3.81. The Hall–Kier alpha value is -3.88. The van der Waals surface area contributed by atoms with E-state index in [1.54, 1.807) is 16.9 Å². The minimum absolute atomic E-state index is 0.000300. The maximum absolute atomic E-state index is 12.9. The Morgan fingerprint density at radius 2 is 1.71 bits per heavy atom. The summed E-state index contributed by atoms with van der Waals surface area (Å²) in [6, 6.07) is 17.1. The molecule has 4 aromatic rings. The van der Waals surface area contributed by atoms with Crippen molar-refractivity contribution < 1.29 is 4.79 Å². The highest BCUT2D eigenvalue weighted by Gasteiger charge is 2.26. The molecule has 1 fully saturated rings. The van der Waals surface area contributed by atoms with Gasteiger partial charge in [-0.2, -0.15) is 9.90 Å². The van der Waals surface area contributed by atoms with Crippen LogP contribution in [0.5, 0.6) is 0 Å². The van der Waals surface area contributed by atoms with Gasteiger partial charge in [0.2, 0.25) is 11.7 Å². The number of nitrogens with zero attached hydrogens (tertiary/aromatic N) is 6. The van der Waals surface area contributed by atoms with Crippen molar-refractivity contribution in [2.24, 2.45) is 0 Å². The maximum Gasteiger partial charge on any atom is 0.272 e. The molecule has 0 unspecified atom stereocenters. The van der Waals surface area contributed by atoms with Crippen molar-refractivity contribution >= 4 is 16.7 Å². The lowest BCUT2D eigenvalue weighted by molar-refractivity contribution is -0.131. The Bertz CT molecular complexity index is 1270. The van der Waals surface area contributed by atoms with E-state index in [1.807, 2.05) is 47.4 Å². The molecule has 1 amide bonds. The minimum Gasteiger partial charge on any atom is -0.342 e. The van der Waals surface area contributed by atoms with Crippen molar-refractivity contribution in [2.75, 3.05) is 13.1 Å². The Balaban J connectivity index is 1.24. The molecule has 9 nitrogen and oxygen atoms in total. The molecule has 1 N–H and O–H groups in total. The first kappa shape index (κ1) is 19.1. The number of likely N-dealkylation sites (tertiary alicyclic amines) is 1. The molecule has 9 heteroatoms. The number of nitrogens with one attached hydrogen (secondary N) is 1. The van der Waals surface area contributed by atoms with Crippen molar-refractivity contribution in [3.05, 3.63) is 70.6 Å². The molecule has 1 saturated heterocycles. The van der Waals surface area contributed by atoms with Gasteiger partial charge in [0.25, 0.3) is 5.56 Å². The van der Waals surface area contributed by atoms with Gasteiger partial charge in [0.05, 0.1) is 23.5 Å². The topological polar surface area (TPSA) is 110 Å². The van der Waals surface area contributed by atoms with Gasteiger partial charge in [-0.1, -0.05) is 48.5 Å². The van der Waals surface area contributed by atoms with Gasteiger partial charge in [-0.25, -0.2) is 5.10 Å². The first-order chi connectivity index (χ1) is 15.2. The number of aromatic nitrogens is 6. The highest BCUT2D eigenvalue weighted by Crippen LogP contribution is 2.23. The first-order valence-corrected chi connectivity index (χ1v) is 10.3. The average molecular weight is 415 g/mol. The number of rotatable bonds is 4. The molecule has 0 aliphatic carbocycles. The number of carbonyl (C=O) groups is 1. The summed E-state index contributed by atoms with van der Waals surface area (Å²) in [4.78, 5) is 28.3. The Morgan fingerprint density at radius 3 is 2.48 bits per heavy atom. The highest BCUT2D eigenvalue weighted by atomic mass is 16.2. The zero-order valence-corrected chi connectivity index (χ0v) is 16.8. The van der Waals surface area contributed by atoms with Crippen molar-refractivity contribution in [3.63, 3.8) is 0 Å². The Kier molecular flexibility index (Phi) is 4.99. The van der Waals surface area contributed by atoms with Gasteiger partial charge >= 0.3 is 0 Å². The van der Waals surface area contributed by atoms with Crippen LogP contribution in [0.2, 0.25) is 0 Å². The number of H-pyrrole nitrogens is 1. The van der Waals surface area contributed by atoms with Gasteiger partial charge in [0, 0.05) is 24.0 Å². The summed E-state index contributed by atoms with van der Waals surface area (Å²) < 4.78 is 0. The van der Waals surface area contributed by atoms with Crippen LogP contribution in [-0.4, -0.2) is 54.3 Å². The number of fused-ring (bicyclic) bond motifs is 1. The Morgan fingerprint density at radius 1 is 1.00 bits per heavy atom. The van der Waals surface area contributed by atoms with E-state index in [-0.39, 0.29) is 23.9 Å². The molecule has 1 aliphatic heterocycles. The predicted molar refractivity (Wildman–Crippen MR) is 114 cm³/mol. The summed E-state index contributed by atoms with van der Waals surface area (Å²) in [5.74, 6) is 0.606. The third-order valence-corrected chi connectivity index (χ3v) is 5.70. The molecule has 0 radical (unpaired) electrons. The number of hydrogen-bond acceptors (Lipinski definition) is 6. The lowest BCUT2D eigenvalue weighted by Gasteiger charge is -2.31. The number of amides is 1. The van der Waals surface area contributed by atoms with Crippen LogP contribution in [-0.2, 0) is 11.2 Å². The van der Waals surface area contributed by atoms with E-state index in [0.717, 1.165) is 23.8 Å². The van der Waals surface area contributed by atoms with E-state index >= 15 is 0 Å². The van der Waals surface area contributed by atoms with Crippen molar-refractivity contribution in [1.29, 1.82) is 0 Å². The van der Waals surface area contributed by atoms with Crippen LogP contribution in [0.3, 0.4) is 0 Å².